The highest BCUT2D eigenvalue weighted by Crippen LogP contribution is 2.30. The molecule has 1 saturated heterocycles. The van der Waals surface area contributed by atoms with E-state index in [9.17, 15) is 9.59 Å². The number of carbonyl (C=O) groups is 2. The summed E-state index contributed by atoms with van der Waals surface area (Å²) in [6.07, 6.45) is 21.4. The highest BCUT2D eigenvalue weighted by atomic mass is 16.2. The van der Waals surface area contributed by atoms with E-state index in [4.69, 9.17) is 5.73 Å². The minimum atomic E-state index is -0.289. The molecule has 6 heteroatoms. The zero-order valence-electron chi connectivity index (χ0n) is 22.2. The molecule has 4 fully saturated rings. The summed E-state index contributed by atoms with van der Waals surface area (Å²) in [6.45, 7) is 2.39. The Morgan fingerprint density at radius 3 is 2.11 bits per heavy atom. The molecule has 0 aromatic carbocycles. The largest absolute Gasteiger partial charge is 0.354 e. The van der Waals surface area contributed by atoms with Crippen molar-refractivity contribution in [2.24, 2.45) is 23.5 Å². The van der Waals surface area contributed by atoms with Gasteiger partial charge in [0.2, 0.25) is 11.8 Å². The molecule has 3 saturated carbocycles. The minimum absolute atomic E-state index is 0.0596. The fourth-order valence-corrected chi connectivity index (χ4v) is 7.22. The van der Waals surface area contributed by atoms with Gasteiger partial charge >= 0.3 is 0 Å². The molecule has 2 atom stereocenters. The first-order chi connectivity index (χ1) is 17.1. The zero-order chi connectivity index (χ0) is 24.5. The molecule has 4 aliphatic rings. The predicted molar refractivity (Wildman–Crippen MR) is 142 cm³/mol. The summed E-state index contributed by atoms with van der Waals surface area (Å²) in [5, 5.41) is 6.91. The molecular weight excluding hydrogens is 436 g/mol. The second kappa shape index (κ2) is 14.0. The van der Waals surface area contributed by atoms with Gasteiger partial charge in [0.05, 0.1) is 6.04 Å². The van der Waals surface area contributed by atoms with Gasteiger partial charge in [-0.3, -0.25) is 9.59 Å². The Kier molecular flexibility index (Phi) is 10.7. The number of rotatable bonds is 10. The summed E-state index contributed by atoms with van der Waals surface area (Å²) in [5.74, 6) is 2.24. The predicted octanol–water partition coefficient (Wildman–Crippen LogP) is 4.51. The van der Waals surface area contributed by atoms with Crippen molar-refractivity contribution in [3.63, 3.8) is 0 Å². The molecule has 0 aromatic heterocycles. The molecule has 2 amide bonds. The summed E-state index contributed by atoms with van der Waals surface area (Å²) < 4.78 is 0. The van der Waals surface area contributed by atoms with Gasteiger partial charge in [-0.2, -0.15) is 0 Å². The van der Waals surface area contributed by atoms with E-state index >= 15 is 0 Å². The van der Waals surface area contributed by atoms with Crippen molar-refractivity contribution in [3.05, 3.63) is 0 Å². The molecule has 0 bridgehead atoms. The first-order valence-electron chi connectivity index (χ1n) is 15.2. The zero-order valence-corrected chi connectivity index (χ0v) is 22.2. The van der Waals surface area contributed by atoms with E-state index in [0.29, 0.717) is 17.9 Å². The van der Waals surface area contributed by atoms with Crippen LogP contribution < -0.4 is 16.4 Å². The molecule has 0 unspecified atom stereocenters. The van der Waals surface area contributed by atoms with Crippen LogP contribution in [0, 0.1) is 17.8 Å². The average molecular weight is 489 g/mol. The molecule has 0 aromatic rings. The molecule has 0 radical (unpaired) electrons. The van der Waals surface area contributed by atoms with Crippen molar-refractivity contribution < 1.29 is 9.59 Å². The quantitative estimate of drug-likeness (QED) is 0.422. The van der Waals surface area contributed by atoms with Crippen molar-refractivity contribution >= 4 is 11.8 Å². The Hall–Kier alpha value is -1.14. The fraction of sp³-hybridized carbons (Fsp3) is 0.931. The molecule has 4 rings (SSSR count). The van der Waals surface area contributed by atoms with Crippen molar-refractivity contribution in [3.8, 4) is 0 Å². The van der Waals surface area contributed by atoms with Crippen LogP contribution in [0.15, 0.2) is 0 Å². The van der Waals surface area contributed by atoms with E-state index in [0.717, 1.165) is 70.5 Å². The molecule has 200 valence electrons. The maximum Gasteiger partial charge on any atom is 0.242 e. The lowest BCUT2D eigenvalue weighted by molar-refractivity contribution is -0.140. The van der Waals surface area contributed by atoms with E-state index in [2.05, 4.69) is 10.6 Å². The van der Waals surface area contributed by atoms with E-state index < -0.39 is 0 Å². The van der Waals surface area contributed by atoms with Crippen LogP contribution in [0.3, 0.4) is 0 Å². The SMILES string of the molecule is N[C@H]1CC[C@H](CNC(=O)[C@@H]2CCCN2C(=O)[C@@H](CC2CCCCC2)NCCC2CCCCC2)CC1. The van der Waals surface area contributed by atoms with E-state index in [1.165, 1.54) is 70.6 Å². The van der Waals surface area contributed by atoms with Crippen LogP contribution in [-0.4, -0.2) is 54.5 Å². The molecule has 3 aliphatic carbocycles. The number of carbonyl (C=O) groups excluding carboxylic acids is 2. The first kappa shape index (κ1) is 26.9. The Bertz CT molecular complexity index is 651. The highest BCUT2D eigenvalue weighted by molar-refractivity contribution is 5.90. The van der Waals surface area contributed by atoms with Crippen molar-refractivity contribution in [2.45, 2.75) is 134 Å². The number of likely N-dealkylation sites (tertiary alicyclic amines) is 1. The number of hydrogen-bond acceptors (Lipinski definition) is 4. The van der Waals surface area contributed by atoms with Gasteiger partial charge < -0.3 is 21.3 Å². The third-order valence-electron chi connectivity index (χ3n) is 9.55. The number of amides is 2. The number of nitrogens with zero attached hydrogens (tertiary/aromatic N) is 1. The number of hydrogen-bond donors (Lipinski definition) is 3. The van der Waals surface area contributed by atoms with Crippen LogP contribution in [0.2, 0.25) is 0 Å². The Labute approximate surface area is 213 Å². The summed E-state index contributed by atoms with van der Waals surface area (Å²) in [4.78, 5) is 28.9. The highest BCUT2D eigenvalue weighted by Gasteiger charge is 2.38. The molecule has 35 heavy (non-hydrogen) atoms. The molecule has 1 heterocycles. The molecule has 4 N–H and O–H groups in total. The molecule has 6 nitrogen and oxygen atoms in total. The summed E-state index contributed by atoms with van der Waals surface area (Å²) in [5.41, 5.74) is 6.04. The van der Waals surface area contributed by atoms with Gasteiger partial charge in [0, 0.05) is 19.1 Å². The average Bonchev–Trinajstić information content (AvgIpc) is 3.39. The maximum atomic E-state index is 13.8. The molecule has 0 spiro atoms. The Morgan fingerprint density at radius 1 is 0.771 bits per heavy atom. The van der Waals surface area contributed by atoms with Gasteiger partial charge in [-0.05, 0) is 75.7 Å². The fourth-order valence-electron chi connectivity index (χ4n) is 7.22. The van der Waals surface area contributed by atoms with E-state index in [1.54, 1.807) is 0 Å². The third kappa shape index (κ3) is 8.18. The van der Waals surface area contributed by atoms with Gasteiger partial charge in [0.1, 0.15) is 6.04 Å². The lowest BCUT2D eigenvalue weighted by Gasteiger charge is -2.33. The van der Waals surface area contributed by atoms with Crippen LogP contribution in [0.5, 0.6) is 0 Å². The minimum Gasteiger partial charge on any atom is -0.354 e. The van der Waals surface area contributed by atoms with Gasteiger partial charge in [0.15, 0.2) is 0 Å². The number of nitrogens with one attached hydrogen (secondary N) is 2. The van der Waals surface area contributed by atoms with Crippen molar-refractivity contribution in [1.29, 1.82) is 0 Å². The van der Waals surface area contributed by atoms with E-state index in [1.807, 2.05) is 4.90 Å². The summed E-state index contributed by atoms with van der Waals surface area (Å²) in [7, 11) is 0. The first-order valence-corrected chi connectivity index (χ1v) is 15.2. The van der Waals surface area contributed by atoms with Gasteiger partial charge in [-0.1, -0.05) is 64.2 Å². The monoisotopic (exact) mass is 488 g/mol. The lowest BCUT2D eigenvalue weighted by atomic mass is 9.84. The van der Waals surface area contributed by atoms with Gasteiger partial charge in [-0.15, -0.1) is 0 Å². The van der Waals surface area contributed by atoms with Crippen molar-refractivity contribution in [2.75, 3.05) is 19.6 Å². The maximum absolute atomic E-state index is 13.8. The van der Waals surface area contributed by atoms with Crippen LogP contribution in [0.1, 0.15) is 116 Å². The van der Waals surface area contributed by atoms with Gasteiger partial charge in [0.25, 0.3) is 0 Å². The van der Waals surface area contributed by atoms with Crippen LogP contribution >= 0.6 is 0 Å². The summed E-state index contributed by atoms with van der Waals surface area (Å²) >= 11 is 0. The van der Waals surface area contributed by atoms with E-state index in [-0.39, 0.29) is 23.9 Å². The Morgan fingerprint density at radius 2 is 1.43 bits per heavy atom. The third-order valence-corrected chi connectivity index (χ3v) is 9.55. The molecular formula is C29H52N4O2. The smallest absolute Gasteiger partial charge is 0.242 e. The second-order valence-corrected chi connectivity index (χ2v) is 12.3. The Balaban J connectivity index is 1.31. The lowest BCUT2D eigenvalue weighted by Crippen LogP contribution is -2.53. The second-order valence-electron chi connectivity index (χ2n) is 12.3. The topological polar surface area (TPSA) is 87.5 Å². The van der Waals surface area contributed by atoms with Crippen molar-refractivity contribution in [1.82, 2.24) is 15.5 Å². The standard InChI is InChI=1S/C29H52N4O2/c30-25-15-13-24(14-16-25)21-32-28(34)27-12-7-19-33(27)29(35)26(20-23-10-5-2-6-11-23)31-18-17-22-8-3-1-4-9-22/h22-27,31H,1-21,30H2,(H,32,34)/t24-,25-,26-,27+/m1/s1. The summed E-state index contributed by atoms with van der Waals surface area (Å²) in [6, 6.07) is -0.0890. The number of nitrogens with two attached hydrogens (primary N) is 1. The van der Waals surface area contributed by atoms with Crippen LogP contribution in [-0.2, 0) is 9.59 Å². The van der Waals surface area contributed by atoms with Gasteiger partial charge in [-0.25, -0.2) is 0 Å². The molecule has 1 aliphatic heterocycles. The van der Waals surface area contributed by atoms with Crippen LogP contribution in [0.4, 0.5) is 0 Å². The normalized spacial score (nSPS) is 29.7. The van der Waals surface area contributed by atoms with Crippen LogP contribution in [0.25, 0.3) is 0 Å².